The molecule has 2 aromatic heterocycles. The first-order chi connectivity index (χ1) is 14.2. The van der Waals surface area contributed by atoms with Crippen LogP contribution in [0.1, 0.15) is 27.2 Å². The molecule has 158 valence electrons. The van der Waals surface area contributed by atoms with Crippen molar-refractivity contribution in [3.8, 4) is 16.3 Å². The SMILES string of the molecule is CC(C)(C)OC(=O)N1C2CC1CN(c1nc3c(O)c(Br)cc(-c4nccs4)c3o1)C2. The van der Waals surface area contributed by atoms with E-state index in [2.05, 4.69) is 25.9 Å². The Hall–Kier alpha value is -2.33. The summed E-state index contributed by atoms with van der Waals surface area (Å²) in [6.07, 6.45) is 2.40. The van der Waals surface area contributed by atoms with Crippen LogP contribution in [0.2, 0.25) is 0 Å². The lowest BCUT2D eigenvalue weighted by atomic mass is 9.88. The third-order valence-corrected chi connectivity index (χ3v) is 6.72. The van der Waals surface area contributed by atoms with E-state index in [9.17, 15) is 9.90 Å². The van der Waals surface area contributed by atoms with Crippen LogP contribution < -0.4 is 4.90 Å². The zero-order valence-electron chi connectivity index (χ0n) is 16.8. The lowest BCUT2D eigenvalue weighted by Crippen LogP contribution is -2.70. The third-order valence-electron chi connectivity index (χ3n) is 5.31. The highest BCUT2D eigenvalue weighted by Gasteiger charge is 2.49. The van der Waals surface area contributed by atoms with Crippen LogP contribution in [0.3, 0.4) is 0 Å². The van der Waals surface area contributed by atoms with E-state index in [0.717, 1.165) is 17.0 Å². The van der Waals surface area contributed by atoms with Crippen LogP contribution in [-0.2, 0) is 4.74 Å². The summed E-state index contributed by atoms with van der Waals surface area (Å²) in [5.74, 6) is 0.0397. The molecule has 2 atom stereocenters. The quantitative estimate of drug-likeness (QED) is 0.557. The number of benzene rings is 1. The molecule has 0 aliphatic carbocycles. The molecule has 1 amide bonds. The van der Waals surface area contributed by atoms with E-state index in [1.54, 1.807) is 12.3 Å². The predicted molar refractivity (Wildman–Crippen MR) is 117 cm³/mol. The van der Waals surface area contributed by atoms with Crippen molar-refractivity contribution in [2.45, 2.75) is 44.9 Å². The fourth-order valence-corrected chi connectivity index (χ4v) is 5.12. The topological polar surface area (TPSA) is 91.9 Å². The molecule has 5 heterocycles. The molecule has 6 rings (SSSR count). The molecule has 0 saturated carbocycles. The number of halogens is 1. The van der Waals surface area contributed by atoms with Crippen LogP contribution in [0.4, 0.5) is 10.8 Å². The average Bonchev–Trinajstić information content (AvgIpc) is 3.33. The molecule has 3 aromatic rings. The second-order valence-electron chi connectivity index (χ2n) is 8.60. The van der Waals surface area contributed by atoms with Crippen molar-refractivity contribution < 1.29 is 19.1 Å². The maximum absolute atomic E-state index is 12.5. The van der Waals surface area contributed by atoms with Gasteiger partial charge in [0.15, 0.2) is 16.8 Å². The van der Waals surface area contributed by atoms with Crippen molar-refractivity contribution in [2.75, 3.05) is 18.0 Å². The van der Waals surface area contributed by atoms with Gasteiger partial charge in [0.2, 0.25) is 0 Å². The highest BCUT2D eigenvalue weighted by molar-refractivity contribution is 9.10. The lowest BCUT2D eigenvalue weighted by molar-refractivity contribution is -0.0386. The number of phenols is 1. The van der Waals surface area contributed by atoms with Gasteiger partial charge in [0, 0.05) is 24.7 Å². The number of phenolic OH excluding ortho intramolecular Hbond substituents is 1. The number of nitrogens with zero attached hydrogens (tertiary/aromatic N) is 4. The number of carbonyl (C=O) groups excluding carboxylic acids is 1. The smallest absolute Gasteiger partial charge is 0.410 e. The van der Waals surface area contributed by atoms with Gasteiger partial charge in [-0.25, -0.2) is 9.78 Å². The van der Waals surface area contributed by atoms with Crippen LogP contribution in [0.15, 0.2) is 26.5 Å². The first kappa shape index (κ1) is 19.6. The van der Waals surface area contributed by atoms with E-state index < -0.39 is 5.60 Å². The third kappa shape index (κ3) is 3.22. The number of aromatic nitrogens is 2. The van der Waals surface area contributed by atoms with Gasteiger partial charge in [-0.15, -0.1) is 11.3 Å². The number of hydrogen-bond donors (Lipinski definition) is 1. The highest BCUT2D eigenvalue weighted by atomic mass is 79.9. The van der Waals surface area contributed by atoms with E-state index in [0.29, 0.717) is 34.7 Å². The van der Waals surface area contributed by atoms with E-state index in [4.69, 9.17) is 9.15 Å². The standard InChI is InChI=1S/C20H21BrN4O4S/c1-20(2,3)29-19(27)25-10-6-11(25)9-24(8-10)18-23-14-15(26)13(21)7-12(16(14)28-18)17-22-4-5-30-17/h4-5,7,10-11,26H,6,8-9H2,1-3H3. The fourth-order valence-electron chi connectivity index (χ4n) is 4.05. The Balaban J connectivity index is 1.43. The van der Waals surface area contributed by atoms with Gasteiger partial charge < -0.3 is 19.2 Å². The number of ether oxygens (including phenoxy) is 1. The summed E-state index contributed by atoms with van der Waals surface area (Å²) >= 11 is 4.89. The second kappa shape index (κ2) is 6.84. The number of rotatable bonds is 2. The minimum atomic E-state index is -0.516. The molecule has 0 radical (unpaired) electrons. The molecule has 1 aromatic carbocycles. The zero-order valence-corrected chi connectivity index (χ0v) is 19.2. The zero-order chi connectivity index (χ0) is 21.2. The van der Waals surface area contributed by atoms with Gasteiger partial charge in [0.05, 0.1) is 22.1 Å². The van der Waals surface area contributed by atoms with Gasteiger partial charge >= 0.3 is 6.09 Å². The van der Waals surface area contributed by atoms with Gasteiger partial charge in [0.25, 0.3) is 6.01 Å². The number of thiazole rings is 1. The van der Waals surface area contributed by atoms with Crippen molar-refractivity contribution in [1.29, 1.82) is 0 Å². The number of fused-ring (bicyclic) bond motifs is 3. The predicted octanol–water partition coefficient (Wildman–Crippen LogP) is 4.62. The maximum atomic E-state index is 12.5. The number of amides is 1. The van der Waals surface area contributed by atoms with Crippen molar-refractivity contribution in [3.63, 3.8) is 0 Å². The summed E-state index contributed by atoms with van der Waals surface area (Å²) in [6.45, 7) is 6.83. The van der Waals surface area contributed by atoms with Gasteiger partial charge in [0.1, 0.15) is 10.6 Å². The Labute approximate surface area is 185 Å². The number of carbonyl (C=O) groups is 1. The first-order valence-electron chi connectivity index (χ1n) is 9.69. The molecule has 3 saturated heterocycles. The first-order valence-corrected chi connectivity index (χ1v) is 11.4. The normalized spacial score (nSPS) is 21.1. The Morgan fingerprint density at radius 1 is 1.37 bits per heavy atom. The molecule has 30 heavy (non-hydrogen) atoms. The summed E-state index contributed by atoms with van der Waals surface area (Å²) in [5, 5.41) is 13.2. The minimum absolute atomic E-state index is 0.0397. The van der Waals surface area contributed by atoms with Crippen molar-refractivity contribution >= 4 is 50.5 Å². The number of aromatic hydroxyl groups is 1. The van der Waals surface area contributed by atoms with E-state index in [1.807, 2.05) is 36.0 Å². The molecule has 2 unspecified atom stereocenters. The Bertz CT molecular complexity index is 1110. The van der Waals surface area contributed by atoms with Crippen LogP contribution >= 0.6 is 27.3 Å². The van der Waals surface area contributed by atoms with Crippen molar-refractivity contribution in [2.24, 2.45) is 0 Å². The van der Waals surface area contributed by atoms with Gasteiger partial charge in [-0.1, -0.05) is 0 Å². The number of oxazole rings is 1. The van der Waals surface area contributed by atoms with E-state index in [1.165, 1.54) is 11.3 Å². The Morgan fingerprint density at radius 2 is 2.10 bits per heavy atom. The summed E-state index contributed by atoms with van der Waals surface area (Å²) in [5.41, 5.74) is 1.16. The summed E-state index contributed by atoms with van der Waals surface area (Å²) in [6, 6.07) is 2.36. The molecule has 3 aliphatic rings. The molecule has 1 N–H and O–H groups in total. The molecule has 0 spiro atoms. The molecular formula is C20H21BrN4O4S. The molecular weight excluding hydrogens is 472 g/mol. The molecule has 3 aliphatic heterocycles. The Kier molecular flexibility index (Phi) is 4.48. The molecule has 8 nitrogen and oxygen atoms in total. The monoisotopic (exact) mass is 492 g/mol. The van der Waals surface area contributed by atoms with Crippen LogP contribution in [0.25, 0.3) is 21.7 Å². The van der Waals surface area contributed by atoms with Gasteiger partial charge in [-0.3, -0.25) is 4.90 Å². The summed E-state index contributed by atoms with van der Waals surface area (Å²) in [7, 11) is 0. The largest absolute Gasteiger partial charge is 0.504 e. The lowest BCUT2D eigenvalue weighted by Gasteiger charge is -2.55. The average molecular weight is 493 g/mol. The van der Waals surface area contributed by atoms with Gasteiger partial charge in [-0.2, -0.15) is 4.98 Å². The molecule has 10 heteroatoms. The van der Waals surface area contributed by atoms with Crippen LogP contribution in [0.5, 0.6) is 5.75 Å². The molecule has 2 bridgehead atoms. The summed E-state index contributed by atoms with van der Waals surface area (Å²) < 4.78 is 12.2. The number of piperazine rings is 1. The molecule has 3 fully saturated rings. The van der Waals surface area contributed by atoms with Crippen LogP contribution in [-0.4, -0.2) is 56.8 Å². The Morgan fingerprint density at radius 3 is 2.73 bits per heavy atom. The highest BCUT2D eigenvalue weighted by Crippen LogP contribution is 2.43. The number of hydrogen-bond acceptors (Lipinski definition) is 8. The van der Waals surface area contributed by atoms with Crippen LogP contribution in [0, 0.1) is 0 Å². The van der Waals surface area contributed by atoms with E-state index in [-0.39, 0.29) is 23.9 Å². The van der Waals surface area contributed by atoms with E-state index >= 15 is 0 Å². The summed E-state index contributed by atoms with van der Waals surface area (Å²) in [4.78, 5) is 25.3. The fraction of sp³-hybridized carbons (Fsp3) is 0.450. The maximum Gasteiger partial charge on any atom is 0.410 e. The second-order valence-corrected chi connectivity index (χ2v) is 10.4. The number of anilines is 1. The van der Waals surface area contributed by atoms with Gasteiger partial charge in [-0.05, 0) is 49.2 Å². The number of piperidine rings is 1. The van der Waals surface area contributed by atoms with Crippen molar-refractivity contribution in [1.82, 2.24) is 14.9 Å². The van der Waals surface area contributed by atoms with Crippen molar-refractivity contribution in [3.05, 3.63) is 22.1 Å². The minimum Gasteiger partial charge on any atom is -0.504 e.